The van der Waals surface area contributed by atoms with Crippen LogP contribution < -0.4 is 25.4 Å². The van der Waals surface area contributed by atoms with Gasteiger partial charge in [0.1, 0.15) is 5.70 Å². The number of methoxy groups -OCH3 is 2. The number of halogens is 1. The molecule has 154 valence electrons. The highest BCUT2D eigenvalue weighted by atomic mass is 79.9. The maximum Gasteiger partial charge on any atom is 0.276 e. The molecule has 0 fully saturated rings. The summed E-state index contributed by atoms with van der Waals surface area (Å²) in [5.74, 6) is 1.56. The van der Waals surface area contributed by atoms with E-state index in [-0.39, 0.29) is 5.91 Å². The molecule has 7 nitrogen and oxygen atoms in total. The predicted octanol–water partition coefficient (Wildman–Crippen LogP) is 2.53. The summed E-state index contributed by atoms with van der Waals surface area (Å²) in [5, 5.41) is 11.2. The van der Waals surface area contributed by atoms with Gasteiger partial charge < -0.3 is 9.47 Å². The van der Waals surface area contributed by atoms with Crippen LogP contribution in [0.25, 0.3) is 5.70 Å². The van der Waals surface area contributed by atoms with Crippen LogP contribution >= 0.6 is 27.7 Å². The molecule has 2 aromatic rings. The van der Waals surface area contributed by atoms with Crippen LogP contribution in [0, 0.1) is 0 Å². The van der Waals surface area contributed by atoms with Crippen LogP contribution in [-0.4, -0.2) is 36.1 Å². The first kappa shape index (κ1) is 20.5. The van der Waals surface area contributed by atoms with E-state index < -0.39 is 6.17 Å². The number of rotatable bonds is 5. The quantitative estimate of drug-likeness (QED) is 0.657. The summed E-state index contributed by atoms with van der Waals surface area (Å²) in [6.07, 6.45) is 1.20. The van der Waals surface area contributed by atoms with Crippen molar-refractivity contribution in [2.24, 2.45) is 10.1 Å². The maximum atomic E-state index is 13.0. The third kappa shape index (κ3) is 3.59. The van der Waals surface area contributed by atoms with E-state index in [1.807, 2.05) is 36.4 Å². The van der Waals surface area contributed by atoms with Crippen LogP contribution in [0.5, 0.6) is 11.5 Å². The molecule has 1 atom stereocenters. The summed E-state index contributed by atoms with van der Waals surface area (Å²) < 4.78 is 11.6. The summed E-state index contributed by atoms with van der Waals surface area (Å²) in [5.41, 5.74) is 1.25. The van der Waals surface area contributed by atoms with Crippen LogP contribution in [-0.2, 0) is 4.79 Å². The number of hydrazone groups is 1. The Labute approximate surface area is 186 Å². The Morgan fingerprint density at radius 3 is 2.73 bits per heavy atom. The summed E-state index contributed by atoms with van der Waals surface area (Å²) in [4.78, 5) is 17.9. The number of carbonyl (C=O) groups is 1. The van der Waals surface area contributed by atoms with E-state index in [0.717, 1.165) is 20.6 Å². The molecule has 0 aliphatic carbocycles. The van der Waals surface area contributed by atoms with Gasteiger partial charge in [-0.15, -0.1) is 11.7 Å². The first-order chi connectivity index (χ1) is 14.6. The Hall–Kier alpha value is -2.78. The summed E-state index contributed by atoms with van der Waals surface area (Å²) >= 11 is 5.02. The third-order valence-electron chi connectivity index (χ3n) is 4.63. The van der Waals surface area contributed by atoms with E-state index in [9.17, 15) is 4.79 Å². The molecular weight excluding hydrogens is 468 g/mol. The third-order valence-corrected chi connectivity index (χ3v) is 6.18. The van der Waals surface area contributed by atoms with Crippen molar-refractivity contribution in [3.8, 4) is 11.5 Å². The van der Waals surface area contributed by atoms with E-state index >= 15 is 0 Å². The molecule has 0 aromatic heterocycles. The van der Waals surface area contributed by atoms with Gasteiger partial charge in [0.05, 0.1) is 19.6 Å². The zero-order valence-electron chi connectivity index (χ0n) is 16.4. The average molecular weight is 487 g/mol. The van der Waals surface area contributed by atoms with E-state index in [1.165, 1.54) is 11.8 Å². The number of nitrogens with zero attached hydrogens (tertiary/aromatic N) is 3. The van der Waals surface area contributed by atoms with Crippen molar-refractivity contribution in [3.63, 3.8) is 0 Å². The monoisotopic (exact) mass is 486 g/mol. The Balaban J connectivity index is 1.93. The molecule has 0 saturated heterocycles. The molecule has 9 heteroatoms. The van der Waals surface area contributed by atoms with Crippen LogP contribution in [0.3, 0.4) is 0 Å². The Morgan fingerprint density at radius 2 is 2.00 bits per heavy atom. The van der Waals surface area contributed by atoms with Crippen molar-refractivity contribution in [1.82, 2.24) is 10.3 Å². The highest BCUT2D eigenvalue weighted by Crippen LogP contribution is 2.40. The van der Waals surface area contributed by atoms with Gasteiger partial charge in [0.15, 0.2) is 22.8 Å². The van der Waals surface area contributed by atoms with Crippen molar-refractivity contribution in [2.45, 2.75) is 6.17 Å². The van der Waals surface area contributed by atoms with Crippen molar-refractivity contribution in [3.05, 3.63) is 69.7 Å². The van der Waals surface area contributed by atoms with Gasteiger partial charge in [0, 0.05) is 21.0 Å². The second kappa shape index (κ2) is 8.53. The van der Waals surface area contributed by atoms with E-state index in [2.05, 4.69) is 27.8 Å². The standard InChI is InChI=1S/C21H19BrN4O3S/c1-4-9-30-21-24-20(27)18-12-7-5-6-8-15(12)23-19(26(18)25-21)13-10-16(28-2)17(29-3)11-14(13)22/h4-8,10-11,19H,1,9H2,2-3H3,(H,24,25,27). The number of hydrogen-bond donors (Lipinski definition) is 1. The molecule has 1 unspecified atom stereocenters. The molecule has 2 aliphatic rings. The fraction of sp³-hybridized carbons (Fsp3) is 0.190. The second-order valence-corrected chi connectivity index (χ2v) is 8.26. The summed E-state index contributed by atoms with van der Waals surface area (Å²) in [6, 6.07) is 11.2. The first-order valence-electron chi connectivity index (χ1n) is 9.09. The number of nitrogens with one attached hydrogen (secondary N) is 1. The Kier molecular flexibility index (Phi) is 5.83. The van der Waals surface area contributed by atoms with Crippen molar-refractivity contribution < 1.29 is 14.3 Å². The molecule has 1 amide bonds. The minimum atomic E-state index is -0.561. The van der Waals surface area contributed by atoms with Gasteiger partial charge in [-0.05, 0) is 18.2 Å². The number of benzene rings is 2. The van der Waals surface area contributed by atoms with Crippen molar-refractivity contribution >= 4 is 44.5 Å². The van der Waals surface area contributed by atoms with Gasteiger partial charge in [-0.25, -0.2) is 5.01 Å². The van der Waals surface area contributed by atoms with Crippen LogP contribution in [0.4, 0.5) is 0 Å². The molecule has 2 aliphatic heterocycles. The molecular formula is C21H19BrN4O3S. The normalized spacial score (nSPS) is 17.2. The Bertz CT molecular complexity index is 1180. The Morgan fingerprint density at radius 1 is 1.27 bits per heavy atom. The van der Waals surface area contributed by atoms with Gasteiger partial charge in [0.2, 0.25) is 0 Å². The second-order valence-electron chi connectivity index (χ2n) is 6.40. The van der Waals surface area contributed by atoms with Gasteiger partial charge in [-0.3, -0.25) is 15.1 Å². The van der Waals surface area contributed by atoms with Gasteiger partial charge in [-0.1, -0.05) is 52.0 Å². The zero-order valence-corrected chi connectivity index (χ0v) is 18.8. The lowest BCUT2D eigenvalue weighted by Crippen LogP contribution is -2.50. The molecule has 1 N–H and O–H groups in total. The SMILES string of the molecule is C=CCSC1=NN2C(=c3ccccc3=NC2c2cc(OC)c(OC)cc2Br)C(=O)N1. The average Bonchev–Trinajstić information content (AvgIpc) is 2.76. The largest absolute Gasteiger partial charge is 0.493 e. The lowest BCUT2D eigenvalue weighted by Gasteiger charge is -2.34. The first-order valence-corrected chi connectivity index (χ1v) is 10.9. The lowest BCUT2D eigenvalue weighted by atomic mass is 10.1. The van der Waals surface area contributed by atoms with Gasteiger partial charge in [0.25, 0.3) is 5.91 Å². The fourth-order valence-corrected chi connectivity index (χ4v) is 4.41. The molecule has 30 heavy (non-hydrogen) atoms. The number of carbonyl (C=O) groups excluding carboxylic acids is 1. The molecule has 2 heterocycles. The molecule has 2 aromatic carbocycles. The van der Waals surface area contributed by atoms with E-state index in [0.29, 0.717) is 28.1 Å². The molecule has 0 radical (unpaired) electrons. The smallest absolute Gasteiger partial charge is 0.276 e. The highest BCUT2D eigenvalue weighted by Gasteiger charge is 2.35. The van der Waals surface area contributed by atoms with Crippen LogP contribution in [0.2, 0.25) is 0 Å². The zero-order chi connectivity index (χ0) is 21.3. The topological polar surface area (TPSA) is 75.5 Å². The maximum absolute atomic E-state index is 13.0. The van der Waals surface area contributed by atoms with E-state index in [4.69, 9.17) is 19.6 Å². The highest BCUT2D eigenvalue weighted by molar-refractivity contribution is 9.10. The number of amidine groups is 1. The van der Waals surface area contributed by atoms with Crippen molar-refractivity contribution in [2.75, 3.05) is 20.0 Å². The number of fused-ring (bicyclic) bond motifs is 2. The number of ether oxygens (including phenoxy) is 2. The number of hydrogen-bond acceptors (Lipinski definition) is 7. The predicted molar refractivity (Wildman–Crippen MR) is 121 cm³/mol. The van der Waals surface area contributed by atoms with Gasteiger partial charge in [-0.2, -0.15) is 0 Å². The minimum absolute atomic E-state index is 0.222. The number of amides is 1. The van der Waals surface area contributed by atoms with E-state index in [1.54, 1.807) is 25.3 Å². The van der Waals surface area contributed by atoms with Gasteiger partial charge >= 0.3 is 0 Å². The number of para-hydroxylation sites is 1. The fourth-order valence-electron chi connectivity index (χ4n) is 3.30. The molecule has 0 saturated carbocycles. The van der Waals surface area contributed by atoms with Crippen molar-refractivity contribution in [1.29, 1.82) is 0 Å². The van der Waals surface area contributed by atoms with Crippen LogP contribution in [0.15, 0.2) is 63.6 Å². The number of thioether (sulfide) groups is 1. The summed E-state index contributed by atoms with van der Waals surface area (Å²) in [6.45, 7) is 3.73. The molecule has 0 spiro atoms. The lowest BCUT2D eigenvalue weighted by molar-refractivity contribution is -0.116. The molecule has 4 rings (SSSR count). The summed E-state index contributed by atoms with van der Waals surface area (Å²) in [7, 11) is 3.16. The minimum Gasteiger partial charge on any atom is -0.493 e. The van der Waals surface area contributed by atoms with Crippen LogP contribution in [0.1, 0.15) is 11.7 Å². The molecule has 0 bridgehead atoms.